The highest BCUT2D eigenvalue weighted by Crippen LogP contribution is 2.17. The van der Waals surface area contributed by atoms with Gasteiger partial charge in [-0.25, -0.2) is 14.6 Å². The summed E-state index contributed by atoms with van der Waals surface area (Å²) in [6, 6.07) is 9.36. The lowest BCUT2D eigenvalue weighted by Gasteiger charge is -2.05. The Balaban J connectivity index is 1.47. The Hall–Kier alpha value is -3.86. The van der Waals surface area contributed by atoms with Crippen LogP contribution in [0.4, 0.5) is 5.13 Å². The van der Waals surface area contributed by atoms with Crippen LogP contribution in [0, 0.1) is 0 Å². The van der Waals surface area contributed by atoms with E-state index in [1.165, 1.54) is 17.5 Å². The second-order valence-corrected chi connectivity index (χ2v) is 7.34. The largest absolute Gasteiger partial charge is 0.369 e. The molecule has 4 rings (SSSR count). The minimum Gasteiger partial charge on any atom is -0.369 e. The van der Waals surface area contributed by atoms with Crippen molar-refractivity contribution in [3.63, 3.8) is 0 Å². The lowest BCUT2D eigenvalue weighted by molar-refractivity contribution is -0.117. The van der Waals surface area contributed by atoms with Crippen molar-refractivity contribution in [3.05, 3.63) is 63.8 Å². The fourth-order valence-corrected chi connectivity index (χ4v) is 3.60. The highest BCUT2D eigenvalue weighted by atomic mass is 32.1. The molecule has 0 saturated heterocycles. The zero-order valence-corrected chi connectivity index (χ0v) is 16.5. The molecule has 0 aliphatic heterocycles. The Morgan fingerprint density at radius 1 is 1.20 bits per heavy atom. The number of benzene rings is 1. The van der Waals surface area contributed by atoms with E-state index in [1.54, 1.807) is 10.1 Å². The van der Waals surface area contributed by atoms with Crippen molar-refractivity contribution < 1.29 is 9.59 Å². The molecular weight excluding hydrogens is 406 g/mol. The molecule has 11 heteroatoms. The smallest absolute Gasteiger partial charge is 0.262 e. The number of amides is 2. The molecule has 0 spiro atoms. The molecule has 10 nitrogen and oxygen atoms in total. The second-order valence-electron chi connectivity index (χ2n) is 6.48. The fourth-order valence-electron chi connectivity index (χ4n) is 2.88. The van der Waals surface area contributed by atoms with E-state index in [9.17, 15) is 14.4 Å². The standard InChI is InChI=1S/C19H17N7O3S/c20-14(27)8-11-10-30-19(22-11)25-16(28)7-6-15-23-17-13(18(29)24-15)9-21-26(17)12-4-2-1-3-5-12/h1-5,9-10H,6-8H2,(H2,20,27)(H,22,25,28)(H,23,24,29). The molecular formula is C19H17N7O3S. The van der Waals surface area contributed by atoms with Crippen LogP contribution in [-0.2, 0) is 22.4 Å². The Labute approximate surface area is 173 Å². The number of rotatable bonds is 7. The van der Waals surface area contributed by atoms with Gasteiger partial charge in [0.2, 0.25) is 11.8 Å². The Morgan fingerprint density at radius 2 is 2.00 bits per heavy atom. The molecule has 3 aromatic heterocycles. The number of hydrogen-bond donors (Lipinski definition) is 3. The molecule has 0 aliphatic rings. The summed E-state index contributed by atoms with van der Waals surface area (Å²) in [6.07, 6.45) is 1.82. The number of carbonyl (C=O) groups is 2. The number of hydrogen-bond acceptors (Lipinski definition) is 7. The zero-order valence-electron chi connectivity index (χ0n) is 15.7. The number of aromatic nitrogens is 5. The highest BCUT2D eigenvalue weighted by Gasteiger charge is 2.13. The van der Waals surface area contributed by atoms with Gasteiger partial charge in [0.05, 0.1) is 24.0 Å². The van der Waals surface area contributed by atoms with Crippen LogP contribution < -0.4 is 16.6 Å². The number of fused-ring (bicyclic) bond motifs is 1. The molecule has 3 heterocycles. The molecule has 0 unspecified atom stereocenters. The molecule has 4 N–H and O–H groups in total. The summed E-state index contributed by atoms with van der Waals surface area (Å²) in [7, 11) is 0. The van der Waals surface area contributed by atoms with E-state index in [4.69, 9.17) is 5.73 Å². The molecule has 1 aromatic carbocycles. The number of para-hydroxylation sites is 1. The maximum Gasteiger partial charge on any atom is 0.262 e. The van der Waals surface area contributed by atoms with E-state index in [0.29, 0.717) is 27.7 Å². The summed E-state index contributed by atoms with van der Waals surface area (Å²) in [5, 5.41) is 9.35. The van der Waals surface area contributed by atoms with Crippen LogP contribution in [0.3, 0.4) is 0 Å². The van der Waals surface area contributed by atoms with Gasteiger partial charge in [0.25, 0.3) is 5.56 Å². The average Bonchev–Trinajstić information content (AvgIpc) is 3.33. The van der Waals surface area contributed by atoms with Crippen molar-refractivity contribution in [2.45, 2.75) is 19.3 Å². The van der Waals surface area contributed by atoms with Crippen LogP contribution in [0.5, 0.6) is 0 Å². The summed E-state index contributed by atoms with van der Waals surface area (Å²) in [6.45, 7) is 0. The van der Waals surface area contributed by atoms with Gasteiger partial charge in [-0.15, -0.1) is 11.3 Å². The first-order valence-corrected chi connectivity index (χ1v) is 9.92. The van der Waals surface area contributed by atoms with Gasteiger partial charge in [-0.3, -0.25) is 14.4 Å². The molecule has 0 radical (unpaired) electrons. The molecule has 152 valence electrons. The summed E-state index contributed by atoms with van der Waals surface area (Å²) in [5.41, 5.74) is 6.54. The van der Waals surface area contributed by atoms with Crippen LogP contribution in [0.15, 0.2) is 46.7 Å². The van der Waals surface area contributed by atoms with Gasteiger partial charge in [-0.2, -0.15) is 5.10 Å². The SMILES string of the molecule is NC(=O)Cc1csc(NC(=O)CCc2nc3c(cnn3-c3ccccc3)c(=O)[nH]2)n1. The topological polar surface area (TPSA) is 149 Å². The number of nitrogens with one attached hydrogen (secondary N) is 2. The number of aryl methyl sites for hydroxylation is 1. The lowest BCUT2D eigenvalue weighted by Crippen LogP contribution is -2.17. The predicted octanol–water partition coefficient (Wildman–Crippen LogP) is 1.16. The van der Waals surface area contributed by atoms with E-state index < -0.39 is 5.91 Å². The predicted molar refractivity (Wildman–Crippen MR) is 111 cm³/mol. The van der Waals surface area contributed by atoms with E-state index in [-0.39, 0.29) is 30.7 Å². The van der Waals surface area contributed by atoms with Gasteiger partial charge in [0.1, 0.15) is 11.2 Å². The van der Waals surface area contributed by atoms with Crippen molar-refractivity contribution in [2.75, 3.05) is 5.32 Å². The average molecular weight is 423 g/mol. The van der Waals surface area contributed by atoms with Gasteiger partial charge in [-0.1, -0.05) is 18.2 Å². The maximum atomic E-state index is 12.4. The van der Waals surface area contributed by atoms with E-state index >= 15 is 0 Å². The van der Waals surface area contributed by atoms with Crippen LogP contribution in [-0.4, -0.2) is 36.5 Å². The first-order chi connectivity index (χ1) is 14.5. The number of anilines is 1. The summed E-state index contributed by atoms with van der Waals surface area (Å²) < 4.78 is 1.59. The normalized spacial score (nSPS) is 10.9. The van der Waals surface area contributed by atoms with Gasteiger partial charge in [0, 0.05) is 18.2 Å². The lowest BCUT2D eigenvalue weighted by atomic mass is 10.2. The van der Waals surface area contributed by atoms with E-state index in [2.05, 4.69) is 25.4 Å². The molecule has 30 heavy (non-hydrogen) atoms. The summed E-state index contributed by atoms with van der Waals surface area (Å²) in [5.74, 6) is -0.387. The molecule has 0 aliphatic carbocycles. The summed E-state index contributed by atoms with van der Waals surface area (Å²) in [4.78, 5) is 46.9. The minimum atomic E-state index is -0.488. The molecule has 2 amide bonds. The number of nitrogens with zero attached hydrogens (tertiary/aromatic N) is 4. The zero-order chi connectivity index (χ0) is 21.1. The highest BCUT2D eigenvalue weighted by molar-refractivity contribution is 7.13. The van der Waals surface area contributed by atoms with Crippen LogP contribution >= 0.6 is 11.3 Å². The molecule has 0 bridgehead atoms. The van der Waals surface area contributed by atoms with Crippen molar-refractivity contribution in [2.24, 2.45) is 5.73 Å². The van der Waals surface area contributed by atoms with Gasteiger partial charge in [0.15, 0.2) is 10.8 Å². The third kappa shape index (κ3) is 4.25. The molecule has 0 fully saturated rings. The van der Waals surface area contributed by atoms with Crippen molar-refractivity contribution >= 4 is 39.3 Å². The Morgan fingerprint density at radius 3 is 2.77 bits per heavy atom. The third-order valence-electron chi connectivity index (χ3n) is 4.23. The number of carbonyl (C=O) groups excluding carboxylic acids is 2. The van der Waals surface area contributed by atoms with Crippen molar-refractivity contribution in [1.29, 1.82) is 0 Å². The first kappa shape index (κ1) is 19.5. The van der Waals surface area contributed by atoms with Gasteiger partial charge >= 0.3 is 0 Å². The molecule has 4 aromatic rings. The number of nitrogens with two attached hydrogens (primary N) is 1. The second kappa shape index (κ2) is 8.25. The third-order valence-corrected chi connectivity index (χ3v) is 5.04. The Kier molecular flexibility index (Phi) is 5.35. The number of H-pyrrole nitrogens is 1. The van der Waals surface area contributed by atoms with E-state index in [0.717, 1.165) is 5.69 Å². The van der Waals surface area contributed by atoms with Gasteiger partial charge in [-0.05, 0) is 12.1 Å². The van der Waals surface area contributed by atoms with Crippen molar-refractivity contribution in [1.82, 2.24) is 24.7 Å². The summed E-state index contributed by atoms with van der Waals surface area (Å²) >= 11 is 1.21. The molecule has 0 atom stereocenters. The molecule has 0 saturated carbocycles. The number of aromatic amines is 1. The minimum absolute atomic E-state index is 0.0205. The van der Waals surface area contributed by atoms with Crippen LogP contribution in [0.25, 0.3) is 16.7 Å². The number of thiazole rings is 1. The van der Waals surface area contributed by atoms with Crippen LogP contribution in [0.2, 0.25) is 0 Å². The Bertz CT molecular complexity index is 1280. The van der Waals surface area contributed by atoms with Gasteiger partial charge < -0.3 is 16.0 Å². The quantitative estimate of drug-likeness (QED) is 0.406. The van der Waals surface area contributed by atoms with Crippen molar-refractivity contribution in [3.8, 4) is 5.69 Å². The van der Waals surface area contributed by atoms with Crippen LogP contribution in [0.1, 0.15) is 17.9 Å². The number of primary amides is 1. The van der Waals surface area contributed by atoms with E-state index in [1.807, 2.05) is 30.3 Å². The fraction of sp³-hybridized carbons (Fsp3) is 0.158. The maximum absolute atomic E-state index is 12.4. The monoisotopic (exact) mass is 423 g/mol. The first-order valence-electron chi connectivity index (χ1n) is 9.04.